The molecule has 18 heavy (non-hydrogen) atoms. The number of benzene rings is 1. The van der Waals surface area contributed by atoms with Gasteiger partial charge in [-0.05, 0) is 31.0 Å². The predicted molar refractivity (Wildman–Crippen MR) is 75.0 cm³/mol. The molecule has 1 atom stereocenters. The number of hydrogen-bond acceptors (Lipinski definition) is 3. The molecule has 2 N–H and O–H groups in total. The first-order valence-electron chi connectivity index (χ1n) is 6.36. The van der Waals surface area contributed by atoms with Gasteiger partial charge in [0.2, 0.25) is 0 Å². The molecule has 3 heteroatoms. The molecule has 0 amide bonds. The van der Waals surface area contributed by atoms with Gasteiger partial charge in [0.1, 0.15) is 18.5 Å². The zero-order valence-corrected chi connectivity index (χ0v) is 11.3. The molecule has 1 aromatic rings. The Balaban J connectivity index is 2.28. The summed E-state index contributed by atoms with van der Waals surface area (Å²) in [4.78, 5) is 0. The third kappa shape index (κ3) is 5.84. The van der Waals surface area contributed by atoms with E-state index >= 15 is 0 Å². The number of hydrogen-bond donors (Lipinski definition) is 2. The highest BCUT2D eigenvalue weighted by molar-refractivity contribution is 5.28. The number of aliphatic hydroxyl groups excluding tert-OH is 1. The van der Waals surface area contributed by atoms with Crippen LogP contribution in [0.1, 0.15) is 19.4 Å². The van der Waals surface area contributed by atoms with E-state index in [4.69, 9.17) is 4.74 Å². The first-order chi connectivity index (χ1) is 8.61. The van der Waals surface area contributed by atoms with Gasteiger partial charge in [-0.15, -0.1) is 0 Å². The molecule has 0 fully saturated rings. The van der Waals surface area contributed by atoms with Gasteiger partial charge >= 0.3 is 0 Å². The van der Waals surface area contributed by atoms with Gasteiger partial charge in [-0.2, -0.15) is 0 Å². The maximum Gasteiger partial charge on any atom is 0.119 e. The van der Waals surface area contributed by atoms with Crippen LogP contribution in [-0.2, 0) is 6.42 Å². The average molecular weight is 249 g/mol. The molecule has 1 unspecified atom stereocenters. The summed E-state index contributed by atoms with van der Waals surface area (Å²) in [7, 11) is 0. The van der Waals surface area contributed by atoms with Gasteiger partial charge in [-0.25, -0.2) is 0 Å². The first kappa shape index (κ1) is 14.7. The van der Waals surface area contributed by atoms with Crippen LogP contribution in [0.4, 0.5) is 0 Å². The van der Waals surface area contributed by atoms with Gasteiger partial charge < -0.3 is 15.2 Å². The second-order valence-corrected chi connectivity index (χ2v) is 4.55. The molecular formula is C15H23NO2. The first-order valence-corrected chi connectivity index (χ1v) is 6.36. The van der Waals surface area contributed by atoms with Gasteiger partial charge in [0.05, 0.1) is 0 Å². The lowest BCUT2D eigenvalue weighted by atomic mass is 10.2. The standard InChI is InChI=1S/C15H23NO2/c1-4-13-6-5-7-15(8-13)18-11-14(17)10-16-9-12(2)3/h5-8,14,16-17H,2,4,9-11H2,1,3H3. The molecule has 0 spiro atoms. The molecule has 0 radical (unpaired) electrons. The second kappa shape index (κ2) is 7.90. The summed E-state index contributed by atoms with van der Waals surface area (Å²) in [5, 5.41) is 12.8. The van der Waals surface area contributed by atoms with Crippen LogP contribution in [0.3, 0.4) is 0 Å². The molecule has 100 valence electrons. The highest BCUT2D eigenvalue weighted by atomic mass is 16.5. The minimum Gasteiger partial charge on any atom is -0.491 e. The topological polar surface area (TPSA) is 41.5 Å². The van der Waals surface area contributed by atoms with E-state index in [9.17, 15) is 5.11 Å². The van der Waals surface area contributed by atoms with Crippen molar-refractivity contribution in [2.24, 2.45) is 0 Å². The Morgan fingerprint density at radius 3 is 2.94 bits per heavy atom. The Morgan fingerprint density at radius 1 is 1.50 bits per heavy atom. The van der Waals surface area contributed by atoms with Crippen molar-refractivity contribution < 1.29 is 9.84 Å². The molecule has 0 aliphatic carbocycles. The Kier molecular flexibility index (Phi) is 6.47. The lowest BCUT2D eigenvalue weighted by Gasteiger charge is -2.13. The van der Waals surface area contributed by atoms with E-state index < -0.39 is 6.10 Å². The Morgan fingerprint density at radius 2 is 2.28 bits per heavy atom. The van der Waals surface area contributed by atoms with Crippen molar-refractivity contribution in [3.8, 4) is 5.75 Å². The lowest BCUT2D eigenvalue weighted by molar-refractivity contribution is 0.107. The van der Waals surface area contributed by atoms with Gasteiger partial charge in [0.15, 0.2) is 0 Å². The van der Waals surface area contributed by atoms with Crippen molar-refractivity contribution in [2.45, 2.75) is 26.4 Å². The number of ether oxygens (including phenoxy) is 1. The Bertz CT molecular complexity index is 377. The van der Waals surface area contributed by atoms with Crippen molar-refractivity contribution in [1.29, 1.82) is 0 Å². The fourth-order valence-corrected chi connectivity index (χ4v) is 1.56. The molecule has 0 heterocycles. The van der Waals surface area contributed by atoms with E-state index in [1.54, 1.807) is 0 Å². The van der Waals surface area contributed by atoms with E-state index in [1.165, 1.54) is 5.56 Å². The van der Waals surface area contributed by atoms with Crippen LogP contribution >= 0.6 is 0 Å². The minimum absolute atomic E-state index is 0.302. The molecule has 1 aromatic carbocycles. The monoisotopic (exact) mass is 249 g/mol. The van der Waals surface area contributed by atoms with E-state index in [0.29, 0.717) is 13.2 Å². The van der Waals surface area contributed by atoms with Crippen molar-refractivity contribution >= 4 is 0 Å². The van der Waals surface area contributed by atoms with Crippen molar-refractivity contribution in [1.82, 2.24) is 5.32 Å². The third-order valence-electron chi connectivity index (χ3n) is 2.56. The molecule has 0 aromatic heterocycles. The maximum atomic E-state index is 9.73. The maximum absolute atomic E-state index is 9.73. The Labute approximate surface area is 109 Å². The molecule has 0 bridgehead atoms. The largest absolute Gasteiger partial charge is 0.491 e. The summed E-state index contributed by atoms with van der Waals surface area (Å²) in [6.45, 7) is 9.39. The smallest absolute Gasteiger partial charge is 0.119 e. The highest BCUT2D eigenvalue weighted by Gasteiger charge is 2.05. The van der Waals surface area contributed by atoms with Crippen molar-refractivity contribution in [2.75, 3.05) is 19.7 Å². The van der Waals surface area contributed by atoms with Crippen LogP contribution in [0.5, 0.6) is 5.75 Å². The molecule has 3 nitrogen and oxygen atoms in total. The summed E-state index contributed by atoms with van der Waals surface area (Å²) in [6, 6.07) is 7.96. The quantitative estimate of drug-likeness (QED) is 0.694. The van der Waals surface area contributed by atoms with Crippen LogP contribution in [0.15, 0.2) is 36.4 Å². The van der Waals surface area contributed by atoms with Crippen LogP contribution in [0, 0.1) is 0 Å². The molecule has 0 aliphatic heterocycles. The summed E-state index contributed by atoms with van der Waals surface area (Å²) in [6.07, 6.45) is 0.481. The minimum atomic E-state index is -0.505. The van der Waals surface area contributed by atoms with Gasteiger partial charge in [-0.3, -0.25) is 0 Å². The third-order valence-corrected chi connectivity index (χ3v) is 2.56. The normalized spacial score (nSPS) is 12.2. The fraction of sp³-hybridized carbons (Fsp3) is 0.467. The SMILES string of the molecule is C=C(C)CNCC(O)COc1cccc(CC)c1. The zero-order chi connectivity index (χ0) is 13.4. The van der Waals surface area contributed by atoms with Gasteiger partial charge in [0, 0.05) is 13.1 Å². The summed E-state index contributed by atoms with van der Waals surface area (Å²) in [5.74, 6) is 0.813. The summed E-state index contributed by atoms with van der Waals surface area (Å²) >= 11 is 0. The number of aryl methyl sites for hydroxylation is 1. The molecule has 0 saturated heterocycles. The number of rotatable bonds is 8. The lowest BCUT2D eigenvalue weighted by Crippen LogP contribution is -2.32. The summed E-state index contributed by atoms with van der Waals surface area (Å²) in [5.41, 5.74) is 2.29. The van der Waals surface area contributed by atoms with E-state index in [-0.39, 0.29) is 0 Å². The van der Waals surface area contributed by atoms with Crippen LogP contribution in [0.2, 0.25) is 0 Å². The van der Waals surface area contributed by atoms with Crippen LogP contribution in [-0.4, -0.2) is 30.9 Å². The highest BCUT2D eigenvalue weighted by Crippen LogP contribution is 2.13. The summed E-state index contributed by atoms with van der Waals surface area (Å²) < 4.78 is 5.56. The molecule has 0 aliphatic rings. The van der Waals surface area contributed by atoms with Crippen LogP contribution in [0.25, 0.3) is 0 Å². The van der Waals surface area contributed by atoms with Crippen LogP contribution < -0.4 is 10.1 Å². The molecule has 1 rings (SSSR count). The van der Waals surface area contributed by atoms with Gasteiger partial charge in [0.25, 0.3) is 0 Å². The van der Waals surface area contributed by atoms with Crippen molar-refractivity contribution in [3.05, 3.63) is 42.0 Å². The second-order valence-electron chi connectivity index (χ2n) is 4.55. The molecule has 0 saturated carbocycles. The fourth-order valence-electron chi connectivity index (χ4n) is 1.56. The van der Waals surface area contributed by atoms with Gasteiger partial charge in [-0.1, -0.05) is 31.2 Å². The number of nitrogens with one attached hydrogen (secondary N) is 1. The average Bonchev–Trinajstić information content (AvgIpc) is 2.36. The van der Waals surface area contributed by atoms with E-state index in [2.05, 4.69) is 24.9 Å². The molecular weight excluding hydrogens is 226 g/mol. The van der Waals surface area contributed by atoms with Crippen molar-refractivity contribution in [3.63, 3.8) is 0 Å². The number of aliphatic hydroxyl groups is 1. The van der Waals surface area contributed by atoms with E-state index in [1.807, 2.05) is 25.1 Å². The Hall–Kier alpha value is -1.32. The zero-order valence-electron chi connectivity index (χ0n) is 11.3. The van der Waals surface area contributed by atoms with E-state index in [0.717, 1.165) is 24.3 Å². The predicted octanol–water partition coefficient (Wildman–Crippen LogP) is 2.15.